The van der Waals surface area contributed by atoms with Crippen LogP contribution in [-0.4, -0.2) is 52.3 Å². The molecule has 1 aromatic heterocycles. The summed E-state index contributed by atoms with van der Waals surface area (Å²) in [6.45, 7) is 0.518. The van der Waals surface area contributed by atoms with Crippen LogP contribution in [0.5, 0.6) is 5.75 Å². The average Bonchev–Trinajstić information content (AvgIpc) is 2.61. The van der Waals surface area contributed by atoms with Crippen molar-refractivity contribution in [1.82, 2.24) is 14.8 Å². The number of H-pyrrole nitrogens is 1. The highest BCUT2D eigenvalue weighted by molar-refractivity contribution is 6.03. The van der Waals surface area contributed by atoms with Crippen LogP contribution in [0.25, 0.3) is 0 Å². The van der Waals surface area contributed by atoms with E-state index in [9.17, 15) is 23.9 Å². The van der Waals surface area contributed by atoms with Crippen LogP contribution in [0.1, 0.15) is 32.0 Å². The minimum absolute atomic E-state index is 0.0163. The molecule has 0 radical (unpaired) electrons. The van der Waals surface area contributed by atoms with Gasteiger partial charge >= 0.3 is 0 Å². The molecule has 2 amide bonds. The Morgan fingerprint density at radius 2 is 1.92 bits per heavy atom. The molecule has 0 atom stereocenters. The van der Waals surface area contributed by atoms with E-state index in [4.69, 9.17) is 0 Å². The second-order valence-electron chi connectivity index (χ2n) is 6.33. The first-order valence-corrected chi connectivity index (χ1v) is 8.03. The van der Waals surface area contributed by atoms with Gasteiger partial charge in [0.05, 0.1) is 5.56 Å². The molecule has 0 bridgehead atoms. The fourth-order valence-corrected chi connectivity index (χ4v) is 2.98. The van der Waals surface area contributed by atoms with Gasteiger partial charge < -0.3 is 19.9 Å². The Labute approximate surface area is 148 Å². The van der Waals surface area contributed by atoms with E-state index in [0.717, 1.165) is 5.56 Å². The number of carbonyl (C=O) groups is 2. The number of nitrogens with zero attached hydrogens (tertiary/aromatic N) is 2. The van der Waals surface area contributed by atoms with E-state index >= 15 is 0 Å². The Morgan fingerprint density at radius 1 is 1.27 bits per heavy atom. The molecule has 0 unspecified atom stereocenters. The van der Waals surface area contributed by atoms with Crippen molar-refractivity contribution < 1.29 is 19.1 Å². The Morgan fingerprint density at radius 3 is 2.54 bits per heavy atom. The van der Waals surface area contributed by atoms with Crippen molar-refractivity contribution in [1.29, 1.82) is 0 Å². The van der Waals surface area contributed by atoms with Crippen LogP contribution in [0.2, 0.25) is 0 Å². The summed E-state index contributed by atoms with van der Waals surface area (Å²) in [5, 5.41) is 10.1. The summed E-state index contributed by atoms with van der Waals surface area (Å²) < 4.78 is 13.0. The van der Waals surface area contributed by atoms with Gasteiger partial charge in [0.1, 0.15) is 11.5 Å². The van der Waals surface area contributed by atoms with Gasteiger partial charge in [-0.2, -0.15) is 0 Å². The van der Waals surface area contributed by atoms with Gasteiger partial charge in [0.15, 0.2) is 5.75 Å². The molecule has 26 heavy (non-hydrogen) atoms. The molecule has 0 aliphatic carbocycles. The molecule has 0 saturated carbocycles. The summed E-state index contributed by atoms with van der Waals surface area (Å²) in [5.41, 5.74) is 0.0408. The highest BCUT2D eigenvalue weighted by atomic mass is 19.1. The molecule has 0 spiro atoms. The fraction of sp³-hybridized carbons (Fsp3) is 0.278. The van der Waals surface area contributed by atoms with E-state index in [1.807, 2.05) is 0 Å². The molecular weight excluding hydrogens is 341 g/mol. The monoisotopic (exact) mass is 359 g/mol. The highest BCUT2D eigenvalue weighted by Gasteiger charge is 2.33. The van der Waals surface area contributed by atoms with Crippen LogP contribution in [0.15, 0.2) is 29.1 Å². The number of aromatic amines is 1. The predicted molar refractivity (Wildman–Crippen MR) is 91.6 cm³/mol. The molecule has 2 N–H and O–H groups in total. The molecule has 0 saturated heterocycles. The summed E-state index contributed by atoms with van der Waals surface area (Å²) in [7, 11) is 3.07. The van der Waals surface area contributed by atoms with Gasteiger partial charge in [-0.1, -0.05) is 12.1 Å². The molecule has 8 heteroatoms. The van der Waals surface area contributed by atoms with Crippen molar-refractivity contribution in [2.45, 2.75) is 13.0 Å². The van der Waals surface area contributed by atoms with Crippen LogP contribution in [0, 0.1) is 5.82 Å². The SMILES string of the molecule is CN(C)C(=O)c1[nH]c(=O)c(O)c2c1CCN(Cc1ccc(F)cc1)C2=O. The standard InChI is InChI=1S/C18H18FN3O4/c1-21(2)18(26)14-12-7-8-22(9-10-3-5-11(19)6-4-10)17(25)13(12)15(23)16(24)20-14/h3-6,23H,7-9H2,1-2H3,(H,20,24). The van der Waals surface area contributed by atoms with E-state index in [1.54, 1.807) is 12.1 Å². The second-order valence-corrected chi connectivity index (χ2v) is 6.33. The lowest BCUT2D eigenvalue weighted by atomic mass is 9.96. The van der Waals surface area contributed by atoms with E-state index < -0.39 is 23.1 Å². The van der Waals surface area contributed by atoms with Gasteiger partial charge in [0.25, 0.3) is 17.4 Å². The smallest absolute Gasteiger partial charge is 0.291 e. The van der Waals surface area contributed by atoms with E-state index in [2.05, 4.69) is 4.98 Å². The topological polar surface area (TPSA) is 93.7 Å². The quantitative estimate of drug-likeness (QED) is 0.859. The lowest BCUT2D eigenvalue weighted by Gasteiger charge is -2.30. The first kappa shape index (κ1) is 17.7. The molecule has 7 nitrogen and oxygen atoms in total. The minimum atomic E-state index is -0.883. The number of hydrogen-bond acceptors (Lipinski definition) is 4. The second kappa shape index (κ2) is 6.62. The van der Waals surface area contributed by atoms with Crippen molar-refractivity contribution >= 4 is 11.8 Å². The number of amides is 2. The molecule has 0 fully saturated rings. The van der Waals surface area contributed by atoms with Crippen molar-refractivity contribution in [2.75, 3.05) is 20.6 Å². The van der Waals surface area contributed by atoms with Crippen LogP contribution < -0.4 is 5.56 Å². The number of benzene rings is 1. The molecule has 2 heterocycles. The van der Waals surface area contributed by atoms with Gasteiger partial charge in [-0.3, -0.25) is 14.4 Å². The summed E-state index contributed by atoms with van der Waals surface area (Å²) in [5.74, 6) is -2.05. The average molecular weight is 359 g/mol. The Bertz CT molecular complexity index is 935. The van der Waals surface area contributed by atoms with E-state index in [0.29, 0.717) is 18.5 Å². The molecule has 3 rings (SSSR count). The largest absolute Gasteiger partial charge is 0.502 e. The summed E-state index contributed by atoms with van der Waals surface area (Å²) >= 11 is 0. The number of halogens is 1. The predicted octanol–water partition coefficient (Wildman–Crippen LogP) is 1.12. The number of nitrogens with one attached hydrogen (secondary N) is 1. The normalized spacial score (nSPS) is 13.5. The number of aromatic hydroxyl groups is 1. The summed E-state index contributed by atoms with van der Waals surface area (Å²) in [6, 6.07) is 5.73. The van der Waals surface area contributed by atoms with Gasteiger partial charge in [0.2, 0.25) is 0 Å². The molecule has 1 aromatic carbocycles. The maximum Gasteiger partial charge on any atom is 0.291 e. The Hall–Kier alpha value is -3.16. The van der Waals surface area contributed by atoms with Gasteiger partial charge in [-0.25, -0.2) is 4.39 Å². The molecule has 2 aromatic rings. The summed E-state index contributed by atoms with van der Waals surface area (Å²) in [4.78, 5) is 42.2. The maximum atomic E-state index is 13.0. The van der Waals surface area contributed by atoms with Crippen molar-refractivity contribution in [2.24, 2.45) is 0 Å². The number of aromatic nitrogens is 1. The Balaban J connectivity index is 2.00. The summed E-state index contributed by atoms with van der Waals surface area (Å²) in [6.07, 6.45) is 0.307. The first-order valence-electron chi connectivity index (χ1n) is 8.03. The van der Waals surface area contributed by atoms with Gasteiger partial charge in [-0.05, 0) is 29.7 Å². The third-order valence-corrected chi connectivity index (χ3v) is 4.33. The van der Waals surface area contributed by atoms with Crippen LogP contribution in [0.3, 0.4) is 0 Å². The Kier molecular flexibility index (Phi) is 4.50. The lowest BCUT2D eigenvalue weighted by molar-refractivity contribution is 0.0721. The zero-order valence-corrected chi connectivity index (χ0v) is 14.4. The maximum absolute atomic E-state index is 13.0. The third kappa shape index (κ3) is 3.05. The minimum Gasteiger partial charge on any atom is -0.502 e. The highest BCUT2D eigenvalue weighted by Crippen LogP contribution is 2.27. The number of fused-ring (bicyclic) bond motifs is 1. The zero-order chi connectivity index (χ0) is 19.0. The van der Waals surface area contributed by atoms with Gasteiger partial charge in [0, 0.05) is 27.2 Å². The van der Waals surface area contributed by atoms with Crippen molar-refractivity contribution in [3.63, 3.8) is 0 Å². The lowest BCUT2D eigenvalue weighted by Crippen LogP contribution is -2.40. The van der Waals surface area contributed by atoms with E-state index in [-0.39, 0.29) is 23.6 Å². The number of hydrogen-bond donors (Lipinski definition) is 2. The third-order valence-electron chi connectivity index (χ3n) is 4.33. The molecule has 1 aliphatic heterocycles. The van der Waals surface area contributed by atoms with Crippen LogP contribution in [0.4, 0.5) is 4.39 Å². The zero-order valence-electron chi connectivity index (χ0n) is 14.4. The van der Waals surface area contributed by atoms with E-state index in [1.165, 1.54) is 36.0 Å². The van der Waals surface area contributed by atoms with Gasteiger partial charge in [-0.15, -0.1) is 0 Å². The van der Waals surface area contributed by atoms with Crippen LogP contribution >= 0.6 is 0 Å². The fourth-order valence-electron chi connectivity index (χ4n) is 2.98. The van der Waals surface area contributed by atoms with Crippen LogP contribution in [-0.2, 0) is 13.0 Å². The van der Waals surface area contributed by atoms with Crippen molar-refractivity contribution in [3.8, 4) is 5.75 Å². The molecule has 1 aliphatic rings. The molecule has 136 valence electrons. The first-order chi connectivity index (χ1) is 12.3. The van der Waals surface area contributed by atoms with Crippen molar-refractivity contribution in [3.05, 3.63) is 62.8 Å². The number of rotatable bonds is 3. The molecular formula is C18H18FN3O4. The number of carbonyl (C=O) groups excluding carboxylic acids is 2. The number of pyridine rings is 1.